The Balaban J connectivity index is 2.08. The molecule has 16 heavy (non-hydrogen) atoms. The van der Waals surface area contributed by atoms with Gasteiger partial charge in [0.05, 0.1) is 6.04 Å². The van der Waals surface area contributed by atoms with Gasteiger partial charge < -0.3 is 5.73 Å². The first-order valence-corrected chi connectivity index (χ1v) is 6.11. The maximum atomic E-state index is 12.1. The summed E-state index contributed by atoms with van der Waals surface area (Å²) in [4.78, 5) is 12.1. The van der Waals surface area contributed by atoms with E-state index in [1.807, 2.05) is 0 Å². The quantitative estimate of drug-likeness (QED) is 0.822. The highest BCUT2D eigenvalue weighted by Gasteiger charge is 2.27. The Morgan fingerprint density at radius 1 is 1.25 bits per heavy atom. The van der Waals surface area contributed by atoms with Crippen molar-refractivity contribution in [3.05, 3.63) is 34.9 Å². The molecule has 1 aliphatic carbocycles. The Kier molecular flexibility index (Phi) is 3.62. The van der Waals surface area contributed by atoms with Crippen LogP contribution < -0.4 is 5.73 Å². The minimum Gasteiger partial charge on any atom is -0.321 e. The molecule has 3 heteroatoms. The van der Waals surface area contributed by atoms with Gasteiger partial charge in [0.2, 0.25) is 0 Å². The molecule has 1 aliphatic rings. The largest absolute Gasteiger partial charge is 0.321 e. The van der Waals surface area contributed by atoms with Crippen LogP contribution >= 0.6 is 11.6 Å². The molecule has 86 valence electrons. The molecule has 0 bridgehead atoms. The van der Waals surface area contributed by atoms with Crippen LogP contribution in [-0.2, 0) is 0 Å². The van der Waals surface area contributed by atoms with E-state index in [0.29, 0.717) is 16.5 Å². The van der Waals surface area contributed by atoms with Crippen LogP contribution in [0.3, 0.4) is 0 Å². The molecule has 0 spiro atoms. The molecule has 1 saturated carbocycles. The third kappa shape index (κ3) is 2.45. The topological polar surface area (TPSA) is 43.1 Å². The second-order valence-electron chi connectivity index (χ2n) is 4.44. The molecule has 2 rings (SSSR count). The lowest BCUT2D eigenvalue weighted by atomic mass is 9.92. The van der Waals surface area contributed by atoms with Gasteiger partial charge in [0, 0.05) is 10.6 Å². The van der Waals surface area contributed by atoms with E-state index in [-0.39, 0.29) is 11.8 Å². The average molecular weight is 238 g/mol. The van der Waals surface area contributed by atoms with Crippen molar-refractivity contribution < 1.29 is 4.79 Å². The molecule has 1 atom stereocenters. The van der Waals surface area contributed by atoms with Crippen molar-refractivity contribution >= 4 is 17.4 Å². The smallest absolute Gasteiger partial charge is 0.179 e. The lowest BCUT2D eigenvalue weighted by Gasteiger charge is -2.17. The van der Waals surface area contributed by atoms with Gasteiger partial charge in [-0.15, -0.1) is 0 Å². The molecule has 1 fully saturated rings. The van der Waals surface area contributed by atoms with Crippen LogP contribution in [0.2, 0.25) is 5.02 Å². The lowest BCUT2D eigenvalue weighted by Crippen LogP contribution is -2.36. The van der Waals surface area contributed by atoms with E-state index in [9.17, 15) is 4.79 Å². The molecule has 1 aromatic carbocycles. The molecular weight excluding hydrogens is 222 g/mol. The fourth-order valence-corrected chi connectivity index (χ4v) is 2.46. The van der Waals surface area contributed by atoms with Crippen molar-refractivity contribution in [3.8, 4) is 0 Å². The molecule has 0 heterocycles. The van der Waals surface area contributed by atoms with Gasteiger partial charge in [-0.1, -0.05) is 24.4 Å². The third-order valence-corrected chi connectivity index (χ3v) is 3.59. The van der Waals surface area contributed by atoms with E-state index in [2.05, 4.69) is 0 Å². The van der Waals surface area contributed by atoms with Crippen LogP contribution in [0, 0.1) is 5.92 Å². The second-order valence-corrected chi connectivity index (χ2v) is 4.88. The standard InChI is InChI=1S/C13H16ClNO/c14-11-7-5-10(6-8-11)13(16)12(15)9-3-1-2-4-9/h5-9,12H,1-4,15H2. The minimum absolute atomic E-state index is 0.0450. The fourth-order valence-electron chi connectivity index (χ4n) is 2.34. The zero-order chi connectivity index (χ0) is 11.5. The van der Waals surface area contributed by atoms with Crippen LogP contribution in [0.5, 0.6) is 0 Å². The lowest BCUT2D eigenvalue weighted by molar-refractivity contribution is 0.0933. The molecule has 0 aromatic heterocycles. The molecule has 1 unspecified atom stereocenters. The number of rotatable bonds is 3. The Hall–Kier alpha value is -0.860. The first-order valence-electron chi connectivity index (χ1n) is 5.74. The summed E-state index contributed by atoms with van der Waals surface area (Å²) >= 11 is 5.78. The highest BCUT2D eigenvalue weighted by atomic mass is 35.5. The Morgan fingerprint density at radius 2 is 1.81 bits per heavy atom. The van der Waals surface area contributed by atoms with Crippen molar-refractivity contribution in [3.63, 3.8) is 0 Å². The summed E-state index contributed by atoms with van der Waals surface area (Å²) in [5.74, 6) is 0.409. The Morgan fingerprint density at radius 3 is 2.38 bits per heavy atom. The van der Waals surface area contributed by atoms with Crippen LogP contribution in [0.15, 0.2) is 24.3 Å². The van der Waals surface area contributed by atoms with Crippen molar-refractivity contribution in [2.45, 2.75) is 31.7 Å². The molecular formula is C13H16ClNO. The van der Waals surface area contributed by atoms with Gasteiger partial charge >= 0.3 is 0 Å². The molecule has 2 N–H and O–H groups in total. The predicted molar refractivity (Wildman–Crippen MR) is 65.7 cm³/mol. The number of nitrogens with two attached hydrogens (primary N) is 1. The van der Waals surface area contributed by atoms with Crippen LogP contribution in [0.25, 0.3) is 0 Å². The van der Waals surface area contributed by atoms with Gasteiger partial charge in [-0.3, -0.25) is 4.79 Å². The maximum Gasteiger partial charge on any atom is 0.179 e. The number of carbonyl (C=O) groups excluding carboxylic acids is 1. The monoisotopic (exact) mass is 237 g/mol. The van der Waals surface area contributed by atoms with Crippen molar-refractivity contribution in [2.24, 2.45) is 11.7 Å². The highest BCUT2D eigenvalue weighted by Crippen LogP contribution is 2.28. The predicted octanol–water partition coefficient (Wildman–Crippen LogP) is 3.04. The fraction of sp³-hybridized carbons (Fsp3) is 0.462. The molecule has 1 aromatic rings. The maximum absolute atomic E-state index is 12.1. The molecule has 2 nitrogen and oxygen atoms in total. The van der Waals surface area contributed by atoms with Gasteiger partial charge in [-0.2, -0.15) is 0 Å². The first-order chi connectivity index (χ1) is 7.68. The SMILES string of the molecule is NC(C(=O)c1ccc(Cl)cc1)C1CCCC1. The van der Waals surface area contributed by atoms with Crippen molar-refractivity contribution in [1.29, 1.82) is 0 Å². The summed E-state index contributed by atoms with van der Waals surface area (Å²) < 4.78 is 0. The van der Waals surface area contributed by atoms with E-state index < -0.39 is 0 Å². The van der Waals surface area contributed by atoms with Crippen LogP contribution in [-0.4, -0.2) is 11.8 Å². The normalized spacial score (nSPS) is 18.6. The van der Waals surface area contributed by atoms with Gasteiger partial charge in [-0.05, 0) is 43.0 Å². The number of Topliss-reactive ketones (excluding diaryl/α,β-unsaturated/α-hetero) is 1. The number of hydrogen-bond acceptors (Lipinski definition) is 2. The molecule has 0 saturated heterocycles. The summed E-state index contributed by atoms with van der Waals surface area (Å²) in [5.41, 5.74) is 6.68. The van der Waals surface area contributed by atoms with Gasteiger partial charge in [0.1, 0.15) is 0 Å². The van der Waals surface area contributed by atoms with E-state index in [1.54, 1.807) is 24.3 Å². The van der Waals surface area contributed by atoms with E-state index in [4.69, 9.17) is 17.3 Å². The summed E-state index contributed by atoms with van der Waals surface area (Å²) in [6.07, 6.45) is 4.57. The summed E-state index contributed by atoms with van der Waals surface area (Å²) in [5, 5.41) is 0.644. The summed E-state index contributed by atoms with van der Waals surface area (Å²) in [6.45, 7) is 0. The zero-order valence-corrected chi connectivity index (χ0v) is 9.91. The third-order valence-electron chi connectivity index (χ3n) is 3.34. The number of halogens is 1. The van der Waals surface area contributed by atoms with E-state index in [1.165, 1.54) is 12.8 Å². The summed E-state index contributed by atoms with van der Waals surface area (Å²) in [7, 11) is 0. The minimum atomic E-state index is -0.344. The molecule has 0 amide bonds. The van der Waals surface area contributed by atoms with E-state index >= 15 is 0 Å². The van der Waals surface area contributed by atoms with Gasteiger partial charge in [-0.25, -0.2) is 0 Å². The first kappa shape index (κ1) is 11.6. The number of benzene rings is 1. The van der Waals surface area contributed by atoms with Crippen LogP contribution in [0.1, 0.15) is 36.0 Å². The Labute approximate surface area is 101 Å². The van der Waals surface area contributed by atoms with E-state index in [0.717, 1.165) is 12.8 Å². The van der Waals surface area contributed by atoms with Crippen molar-refractivity contribution in [2.75, 3.05) is 0 Å². The van der Waals surface area contributed by atoms with Gasteiger partial charge in [0.15, 0.2) is 5.78 Å². The number of hydrogen-bond donors (Lipinski definition) is 1. The van der Waals surface area contributed by atoms with Gasteiger partial charge in [0.25, 0.3) is 0 Å². The van der Waals surface area contributed by atoms with Crippen LogP contribution in [0.4, 0.5) is 0 Å². The Bertz CT molecular complexity index is 368. The average Bonchev–Trinajstić information content (AvgIpc) is 2.81. The summed E-state index contributed by atoms with van der Waals surface area (Å²) in [6, 6.07) is 6.62. The zero-order valence-electron chi connectivity index (χ0n) is 9.16. The second kappa shape index (κ2) is 4.98. The van der Waals surface area contributed by atoms with Crippen molar-refractivity contribution in [1.82, 2.24) is 0 Å². The molecule has 0 aliphatic heterocycles. The number of carbonyl (C=O) groups is 1. The molecule has 0 radical (unpaired) electrons. The number of ketones is 1. The highest BCUT2D eigenvalue weighted by molar-refractivity contribution is 6.30.